The van der Waals surface area contributed by atoms with Gasteiger partial charge in [0.1, 0.15) is 0 Å². The zero-order chi connectivity index (χ0) is 19.4. The van der Waals surface area contributed by atoms with Crippen molar-refractivity contribution < 1.29 is 13.3 Å². The molecule has 0 amide bonds. The number of fused-ring (bicyclic) bond motifs is 2. The molecule has 0 spiro atoms. The molecule has 5 heteroatoms. The molecule has 3 aliphatic carbocycles. The maximum atomic E-state index is 6.59. The molecule has 0 heterocycles. The third kappa shape index (κ3) is 3.93. The van der Waals surface area contributed by atoms with Gasteiger partial charge in [0.05, 0.1) is 4.37 Å². The molecule has 3 unspecified atom stereocenters. The lowest BCUT2D eigenvalue weighted by Crippen LogP contribution is -2.69. The fraction of sp³-hybridized carbons (Fsp3) is 1.00. The zero-order valence-corrected chi connectivity index (χ0v) is 20.0. The second-order valence-corrected chi connectivity index (χ2v) is 13.5. The summed E-state index contributed by atoms with van der Waals surface area (Å²) in [5.74, 6) is 3.00. The highest BCUT2D eigenvalue weighted by Gasteiger charge is 2.75. The molecule has 3 nitrogen and oxygen atoms in total. The molecule has 2 bridgehead atoms. The van der Waals surface area contributed by atoms with Crippen molar-refractivity contribution in [1.29, 1.82) is 0 Å². The molecule has 3 fully saturated rings. The van der Waals surface area contributed by atoms with Crippen molar-refractivity contribution in [1.82, 2.24) is 0 Å². The van der Waals surface area contributed by atoms with Crippen molar-refractivity contribution >= 4 is 20.6 Å². The van der Waals surface area contributed by atoms with Crippen LogP contribution in [0.4, 0.5) is 0 Å². The topological polar surface area (TPSA) is 27.7 Å². The molecule has 0 aromatic heterocycles. The van der Waals surface area contributed by atoms with E-state index in [9.17, 15) is 0 Å². The van der Waals surface area contributed by atoms with Gasteiger partial charge in [-0.15, -0.1) is 11.8 Å². The number of rotatable bonds is 11. The fourth-order valence-electron chi connectivity index (χ4n) is 6.42. The molecular weight excluding hydrogens is 372 g/mol. The van der Waals surface area contributed by atoms with Gasteiger partial charge in [-0.05, 0) is 88.7 Å². The van der Waals surface area contributed by atoms with Crippen LogP contribution < -0.4 is 0 Å². The van der Waals surface area contributed by atoms with Crippen LogP contribution >= 0.6 is 11.8 Å². The van der Waals surface area contributed by atoms with Crippen molar-refractivity contribution in [3.8, 4) is 0 Å². The van der Waals surface area contributed by atoms with Crippen molar-refractivity contribution in [2.75, 3.05) is 25.6 Å². The molecule has 0 aliphatic heterocycles. The Morgan fingerprint density at radius 1 is 0.852 bits per heavy atom. The Morgan fingerprint density at radius 3 is 2.00 bits per heavy atom. The van der Waals surface area contributed by atoms with Crippen LogP contribution in [0.25, 0.3) is 0 Å². The summed E-state index contributed by atoms with van der Waals surface area (Å²) < 4.78 is 19.8. The molecule has 3 aliphatic rings. The molecule has 3 atom stereocenters. The maximum absolute atomic E-state index is 6.59. The molecule has 0 saturated heterocycles. The van der Waals surface area contributed by atoms with Gasteiger partial charge >= 0.3 is 8.80 Å². The summed E-state index contributed by atoms with van der Waals surface area (Å²) in [6.07, 6.45) is 13.7. The summed E-state index contributed by atoms with van der Waals surface area (Å²) in [6, 6.07) is 0. The van der Waals surface area contributed by atoms with E-state index >= 15 is 0 Å². The van der Waals surface area contributed by atoms with Crippen LogP contribution in [0.3, 0.4) is 0 Å². The summed E-state index contributed by atoms with van der Waals surface area (Å²) in [5.41, 5.74) is 0.350. The molecule has 0 aromatic rings. The molecule has 3 rings (SSSR count). The van der Waals surface area contributed by atoms with Gasteiger partial charge in [-0.2, -0.15) is 0 Å². The lowest BCUT2D eigenvalue weighted by Gasteiger charge is -2.53. The van der Waals surface area contributed by atoms with Crippen LogP contribution in [-0.4, -0.2) is 38.7 Å². The average Bonchev–Trinajstić information content (AvgIpc) is 3.25. The third-order valence-electron chi connectivity index (χ3n) is 7.61. The van der Waals surface area contributed by atoms with E-state index in [2.05, 4.69) is 39.5 Å². The summed E-state index contributed by atoms with van der Waals surface area (Å²) in [5, 5.41) is 0. The van der Waals surface area contributed by atoms with Crippen molar-refractivity contribution in [2.24, 2.45) is 17.3 Å². The maximum Gasteiger partial charge on any atom is 0.518 e. The summed E-state index contributed by atoms with van der Waals surface area (Å²) >= 11 is 2.24. The van der Waals surface area contributed by atoms with E-state index in [1.165, 1.54) is 70.0 Å². The monoisotopic (exact) mass is 414 g/mol. The van der Waals surface area contributed by atoms with Crippen LogP contribution in [-0.2, 0) is 13.3 Å². The second-order valence-electron chi connectivity index (χ2n) is 8.94. The SMILES string of the molecule is CCO[Si](OCC)(OCC)C1(SCC2CCCCC2)CC2CCC1(CC)C2. The van der Waals surface area contributed by atoms with E-state index in [1.54, 1.807) is 0 Å². The van der Waals surface area contributed by atoms with Crippen LogP contribution in [0.2, 0.25) is 0 Å². The van der Waals surface area contributed by atoms with E-state index in [1.807, 2.05) is 0 Å². The first kappa shape index (κ1) is 22.1. The van der Waals surface area contributed by atoms with Gasteiger partial charge < -0.3 is 13.3 Å². The normalized spacial score (nSPS) is 34.4. The number of hydrogen-bond donors (Lipinski definition) is 0. The third-order valence-corrected chi connectivity index (χ3v) is 14.3. The van der Waals surface area contributed by atoms with Crippen LogP contribution in [0, 0.1) is 17.3 Å². The van der Waals surface area contributed by atoms with Gasteiger partial charge in [-0.1, -0.05) is 26.2 Å². The minimum atomic E-state index is -2.78. The van der Waals surface area contributed by atoms with Crippen LogP contribution in [0.5, 0.6) is 0 Å². The van der Waals surface area contributed by atoms with Gasteiger partial charge in [-0.25, -0.2) is 0 Å². The Labute approximate surface area is 173 Å². The van der Waals surface area contributed by atoms with E-state index < -0.39 is 8.80 Å². The van der Waals surface area contributed by atoms with Gasteiger partial charge in [0.15, 0.2) is 0 Å². The quantitative estimate of drug-likeness (QED) is 0.375. The first-order valence-electron chi connectivity index (χ1n) is 11.7. The molecule has 158 valence electrons. The van der Waals surface area contributed by atoms with E-state index in [0.717, 1.165) is 11.8 Å². The largest absolute Gasteiger partial charge is 0.518 e. The summed E-state index contributed by atoms with van der Waals surface area (Å²) in [7, 11) is -2.78. The van der Waals surface area contributed by atoms with Gasteiger partial charge in [-0.3, -0.25) is 0 Å². The lowest BCUT2D eigenvalue weighted by atomic mass is 9.80. The Balaban J connectivity index is 1.95. The number of hydrogen-bond acceptors (Lipinski definition) is 4. The highest BCUT2D eigenvalue weighted by Crippen LogP contribution is 2.69. The van der Waals surface area contributed by atoms with E-state index in [0.29, 0.717) is 25.2 Å². The van der Waals surface area contributed by atoms with E-state index in [-0.39, 0.29) is 4.37 Å². The second kappa shape index (κ2) is 9.50. The molecule has 0 N–H and O–H groups in total. The predicted octanol–water partition coefficient (Wildman–Crippen LogP) is 6.23. The molecule has 0 aromatic carbocycles. The Kier molecular flexibility index (Phi) is 7.79. The predicted molar refractivity (Wildman–Crippen MR) is 117 cm³/mol. The smallest absolute Gasteiger partial charge is 0.373 e. The van der Waals surface area contributed by atoms with Crippen molar-refractivity contribution in [3.63, 3.8) is 0 Å². The van der Waals surface area contributed by atoms with Gasteiger partial charge in [0, 0.05) is 19.8 Å². The van der Waals surface area contributed by atoms with Crippen molar-refractivity contribution in [3.05, 3.63) is 0 Å². The molecule has 0 radical (unpaired) electrons. The fourth-order valence-corrected chi connectivity index (χ4v) is 13.4. The van der Waals surface area contributed by atoms with Crippen LogP contribution in [0.15, 0.2) is 0 Å². The first-order chi connectivity index (χ1) is 13.1. The minimum absolute atomic E-state index is 0.0666. The minimum Gasteiger partial charge on any atom is -0.373 e. The molecule has 3 saturated carbocycles. The van der Waals surface area contributed by atoms with Crippen molar-refractivity contribution in [2.45, 2.75) is 96.3 Å². The van der Waals surface area contributed by atoms with E-state index in [4.69, 9.17) is 13.3 Å². The highest BCUT2D eigenvalue weighted by molar-refractivity contribution is 8.02. The van der Waals surface area contributed by atoms with Crippen LogP contribution in [0.1, 0.15) is 91.9 Å². The summed E-state index contributed by atoms with van der Waals surface area (Å²) in [4.78, 5) is 0. The standard InChI is InChI=1S/C22H42O3SSi/c1-5-21-15-14-20(16-21)17-22(21,26-18-19-12-10-9-11-13-19)27(23-6-2,24-7-3)25-8-4/h19-20H,5-18H2,1-4H3. The van der Waals surface area contributed by atoms with Gasteiger partial charge in [0.2, 0.25) is 0 Å². The first-order valence-corrected chi connectivity index (χ1v) is 14.4. The lowest BCUT2D eigenvalue weighted by molar-refractivity contribution is 0.0350. The highest BCUT2D eigenvalue weighted by atomic mass is 32.2. The zero-order valence-electron chi connectivity index (χ0n) is 18.2. The Bertz CT molecular complexity index is 453. The molecular formula is C22H42O3SSi. The number of thioether (sulfide) groups is 1. The Hall–Kier alpha value is 0.447. The summed E-state index contributed by atoms with van der Waals surface area (Å²) in [6.45, 7) is 10.8. The Morgan fingerprint density at radius 2 is 1.48 bits per heavy atom. The molecule has 27 heavy (non-hydrogen) atoms. The van der Waals surface area contributed by atoms with Gasteiger partial charge in [0.25, 0.3) is 0 Å². The average molecular weight is 415 g/mol.